The molecule has 1 atom stereocenters. The second kappa shape index (κ2) is 8.51. The minimum absolute atomic E-state index is 0.209. The van der Waals surface area contributed by atoms with Crippen LogP contribution in [0.1, 0.15) is 31.1 Å². The summed E-state index contributed by atoms with van der Waals surface area (Å²) in [5, 5.41) is 0. The van der Waals surface area contributed by atoms with Gasteiger partial charge >= 0.3 is 0 Å². The van der Waals surface area contributed by atoms with Crippen molar-refractivity contribution in [2.24, 2.45) is 5.73 Å². The van der Waals surface area contributed by atoms with Gasteiger partial charge in [-0.25, -0.2) is 4.98 Å². The van der Waals surface area contributed by atoms with E-state index in [1.165, 1.54) is 0 Å². The highest BCUT2D eigenvalue weighted by molar-refractivity contribution is 5.74. The number of furan rings is 1. The highest BCUT2D eigenvalue weighted by Crippen LogP contribution is 2.40. The average Bonchev–Trinajstić information content (AvgIpc) is 3.24. The van der Waals surface area contributed by atoms with Crippen molar-refractivity contribution in [2.75, 3.05) is 42.6 Å². The molecule has 4 rings (SSSR count). The molecule has 0 bridgehead atoms. The molecule has 1 unspecified atom stereocenters. The fraction of sp³-hybridized carbons (Fsp3) is 0.571. The molecule has 2 aromatic rings. The lowest BCUT2D eigenvalue weighted by Gasteiger charge is -2.40. The Labute approximate surface area is 167 Å². The number of nitrogens with two attached hydrogens (primary N) is 1. The molecule has 152 valence electrons. The molecular formula is C21H31N5O2. The summed E-state index contributed by atoms with van der Waals surface area (Å²) in [4.78, 5) is 11.7. The fourth-order valence-corrected chi connectivity index (χ4v) is 4.33. The van der Waals surface area contributed by atoms with Crippen LogP contribution in [0.25, 0.3) is 0 Å². The Morgan fingerprint density at radius 3 is 2.82 bits per heavy atom. The highest BCUT2D eigenvalue weighted by Gasteiger charge is 2.39. The molecule has 1 fully saturated rings. The van der Waals surface area contributed by atoms with Gasteiger partial charge < -0.3 is 23.9 Å². The Morgan fingerprint density at radius 2 is 2.11 bits per heavy atom. The van der Waals surface area contributed by atoms with E-state index < -0.39 is 0 Å². The molecule has 0 aliphatic carbocycles. The minimum Gasteiger partial charge on any atom is -0.469 e. The predicted molar refractivity (Wildman–Crippen MR) is 110 cm³/mol. The number of rotatable bonds is 7. The molecule has 0 saturated carbocycles. The summed E-state index contributed by atoms with van der Waals surface area (Å²) in [6.45, 7) is 9.52. The molecule has 2 aromatic heterocycles. The zero-order valence-electron chi connectivity index (χ0n) is 16.9. The zero-order valence-corrected chi connectivity index (χ0v) is 16.9. The van der Waals surface area contributed by atoms with Gasteiger partial charge in [-0.2, -0.15) is 0 Å². The third-order valence-corrected chi connectivity index (χ3v) is 5.93. The first kappa shape index (κ1) is 19.2. The van der Waals surface area contributed by atoms with Crippen LogP contribution in [-0.2, 0) is 11.3 Å². The van der Waals surface area contributed by atoms with Gasteiger partial charge in [-0.15, -0.1) is 0 Å². The van der Waals surface area contributed by atoms with Gasteiger partial charge in [0.2, 0.25) is 0 Å². The second-order valence-corrected chi connectivity index (χ2v) is 7.57. The number of piperidine rings is 1. The first-order valence-corrected chi connectivity index (χ1v) is 10.3. The number of hydrogen-bond donors (Lipinski definition) is 1. The van der Waals surface area contributed by atoms with E-state index in [2.05, 4.69) is 25.8 Å². The third-order valence-electron chi connectivity index (χ3n) is 5.93. The van der Waals surface area contributed by atoms with Crippen LogP contribution in [0.4, 0.5) is 11.5 Å². The van der Waals surface area contributed by atoms with E-state index in [1.54, 1.807) is 6.26 Å². The normalized spacial score (nSPS) is 20.8. The second-order valence-electron chi connectivity index (χ2n) is 7.57. The van der Waals surface area contributed by atoms with Crippen molar-refractivity contribution in [2.45, 2.75) is 45.6 Å². The summed E-state index contributed by atoms with van der Waals surface area (Å²) in [6.07, 6.45) is 5.58. The van der Waals surface area contributed by atoms with E-state index >= 15 is 0 Å². The Balaban J connectivity index is 1.47. The van der Waals surface area contributed by atoms with Gasteiger partial charge in [0.15, 0.2) is 12.1 Å². The topological polar surface area (TPSA) is 71.0 Å². The smallest absolute Gasteiger partial charge is 0.157 e. The van der Waals surface area contributed by atoms with Crippen molar-refractivity contribution in [3.05, 3.63) is 42.0 Å². The van der Waals surface area contributed by atoms with Crippen LogP contribution in [0, 0.1) is 6.92 Å². The standard InChI is InChI=1S/C21H31N5O2/c1-3-27-14-12-24-10-6-18(7-11-24)26-19-5-4-9-23-20(19)25(21(26)22)15-17-8-13-28-16(17)2/h4-5,8-9,13,18,21H,3,6-7,10-12,14-15,22H2,1-2H3. The molecule has 0 amide bonds. The molecule has 2 aliphatic rings. The van der Waals surface area contributed by atoms with Crippen LogP contribution < -0.4 is 15.5 Å². The van der Waals surface area contributed by atoms with Crippen LogP contribution >= 0.6 is 0 Å². The highest BCUT2D eigenvalue weighted by atomic mass is 16.5. The third kappa shape index (κ3) is 3.74. The molecular weight excluding hydrogens is 354 g/mol. The zero-order chi connectivity index (χ0) is 19.5. The number of nitrogens with zero attached hydrogens (tertiary/aromatic N) is 4. The van der Waals surface area contributed by atoms with Crippen LogP contribution in [0.3, 0.4) is 0 Å². The summed E-state index contributed by atoms with van der Waals surface area (Å²) in [5.74, 6) is 1.90. The molecule has 28 heavy (non-hydrogen) atoms. The van der Waals surface area contributed by atoms with Crippen LogP contribution in [0.5, 0.6) is 0 Å². The quantitative estimate of drug-likeness (QED) is 0.735. The number of anilines is 2. The lowest BCUT2D eigenvalue weighted by atomic mass is 10.0. The molecule has 7 nitrogen and oxygen atoms in total. The molecule has 7 heteroatoms. The van der Waals surface area contributed by atoms with Gasteiger partial charge in [-0.05, 0) is 44.9 Å². The number of ether oxygens (including phenoxy) is 1. The molecule has 1 saturated heterocycles. The largest absolute Gasteiger partial charge is 0.469 e. The van der Waals surface area contributed by atoms with Crippen molar-refractivity contribution < 1.29 is 9.15 Å². The predicted octanol–water partition coefficient (Wildman–Crippen LogP) is 2.55. The van der Waals surface area contributed by atoms with Crippen molar-refractivity contribution in [1.82, 2.24) is 9.88 Å². The first-order chi connectivity index (χ1) is 13.7. The van der Waals surface area contributed by atoms with Gasteiger partial charge in [-0.1, -0.05) is 0 Å². The molecule has 0 radical (unpaired) electrons. The van der Waals surface area contributed by atoms with Crippen LogP contribution in [-0.4, -0.2) is 55.1 Å². The Morgan fingerprint density at radius 1 is 1.29 bits per heavy atom. The first-order valence-electron chi connectivity index (χ1n) is 10.3. The van der Waals surface area contributed by atoms with Crippen molar-refractivity contribution in [1.29, 1.82) is 0 Å². The summed E-state index contributed by atoms with van der Waals surface area (Å²) < 4.78 is 11.0. The van der Waals surface area contributed by atoms with E-state index in [0.717, 1.165) is 68.5 Å². The maximum absolute atomic E-state index is 6.75. The van der Waals surface area contributed by atoms with E-state index in [1.807, 2.05) is 32.2 Å². The molecule has 4 heterocycles. The molecule has 0 spiro atoms. The number of hydrogen-bond acceptors (Lipinski definition) is 7. The monoisotopic (exact) mass is 385 g/mol. The fourth-order valence-electron chi connectivity index (χ4n) is 4.33. The lowest BCUT2D eigenvalue weighted by molar-refractivity contribution is 0.101. The van der Waals surface area contributed by atoms with Crippen LogP contribution in [0.2, 0.25) is 0 Å². The number of aryl methyl sites for hydroxylation is 1. The van der Waals surface area contributed by atoms with Crippen molar-refractivity contribution in [3.8, 4) is 0 Å². The van der Waals surface area contributed by atoms with Gasteiger partial charge in [0, 0.05) is 44.0 Å². The summed E-state index contributed by atoms with van der Waals surface area (Å²) >= 11 is 0. The lowest BCUT2D eigenvalue weighted by Crippen LogP contribution is -2.56. The van der Waals surface area contributed by atoms with Crippen molar-refractivity contribution >= 4 is 11.5 Å². The Hall–Kier alpha value is -2.09. The summed E-state index contributed by atoms with van der Waals surface area (Å²) in [7, 11) is 0. The van der Waals surface area contributed by atoms with Crippen LogP contribution in [0.15, 0.2) is 35.1 Å². The Kier molecular flexibility index (Phi) is 5.85. The van der Waals surface area contributed by atoms with Gasteiger partial charge in [0.25, 0.3) is 0 Å². The van der Waals surface area contributed by atoms with Gasteiger partial charge in [0.1, 0.15) is 5.76 Å². The van der Waals surface area contributed by atoms with Gasteiger partial charge in [0.05, 0.1) is 25.1 Å². The van der Waals surface area contributed by atoms with E-state index in [0.29, 0.717) is 12.6 Å². The Bertz CT molecular complexity index is 772. The molecule has 2 aliphatic heterocycles. The molecule has 0 aromatic carbocycles. The number of likely N-dealkylation sites (tertiary alicyclic amines) is 1. The molecule has 2 N–H and O–H groups in total. The van der Waals surface area contributed by atoms with Gasteiger partial charge in [-0.3, -0.25) is 5.73 Å². The summed E-state index contributed by atoms with van der Waals surface area (Å²) in [5.41, 5.74) is 9.05. The maximum Gasteiger partial charge on any atom is 0.157 e. The van der Waals surface area contributed by atoms with Crippen molar-refractivity contribution in [3.63, 3.8) is 0 Å². The SMILES string of the molecule is CCOCCN1CCC(N2c3cccnc3N(Cc3ccoc3C)C2N)CC1. The van der Waals surface area contributed by atoms with E-state index in [9.17, 15) is 0 Å². The number of pyridine rings is 1. The number of fused-ring (bicyclic) bond motifs is 1. The maximum atomic E-state index is 6.75. The minimum atomic E-state index is -0.209. The average molecular weight is 386 g/mol. The number of aromatic nitrogens is 1. The summed E-state index contributed by atoms with van der Waals surface area (Å²) in [6, 6.07) is 6.59. The van der Waals surface area contributed by atoms with E-state index in [-0.39, 0.29) is 6.29 Å². The van der Waals surface area contributed by atoms with E-state index in [4.69, 9.17) is 14.9 Å².